The number of nitrogens with one attached hydrogen (secondary N) is 1. The van der Waals surface area contributed by atoms with Crippen LogP contribution in [0.2, 0.25) is 0 Å². The molecule has 0 fully saturated rings. The van der Waals surface area contributed by atoms with E-state index < -0.39 is 7.60 Å². The van der Waals surface area contributed by atoms with Gasteiger partial charge < -0.3 is 20.9 Å². The van der Waals surface area contributed by atoms with Crippen molar-refractivity contribution in [1.29, 1.82) is 0 Å². The van der Waals surface area contributed by atoms with Gasteiger partial charge in [0.2, 0.25) is 13.4 Å². The van der Waals surface area contributed by atoms with E-state index in [4.69, 9.17) is 16.0 Å². The summed E-state index contributed by atoms with van der Waals surface area (Å²) in [5.74, 6) is 1.56. The van der Waals surface area contributed by atoms with Crippen LogP contribution in [0.4, 0.5) is 11.9 Å². The fourth-order valence-corrected chi connectivity index (χ4v) is 3.72. The largest absolute Gasteiger partial charge is 0.765 e. The van der Waals surface area contributed by atoms with Crippen molar-refractivity contribution in [2.45, 2.75) is 6.92 Å². The highest BCUT2D eigenvalue weighted by Crippen LogP contribution is 2.48. The minimum absolute atomic E-state index is 0.258. The van der Waals surface area contributed by atoms with E-state index in [0.717, 1.165) is 5.56 Å². The Bertz CT molecular complexity index is 929. The number of rotatable bonds is 0. The Kier molecular flexibility index (Phi) is 4.39. The summed E-state index contributed by atoms with van der Waals surface area (Å²) in [5.41, 5.74) is 12.1. The summed E-state index contributed by atoms with van der Waals surface area (Å²) in [4.78, 5) is 21.9. The summed E-state index contributed by atoms with van der Waals surface area (Å²) in [7, 11) is -3.96. The first-order valence-corrected chi connectivity index (χ1v) is 8.89. The first-order chi connectivity index (χ1) is 11.9. The predicted molar refractivity (Wildman–Crippen MR) is 91.9 cm³/mol. The zero-order valence-corrected chi connectivity index (χ0v) is 14.2. The molecule has 0 saturated heterocycles. The molecule has 8 nitrogen and oxygen atoms in total. The zero-order valence-electron chi connectivity index (χ0n) is 13.3. The second-order valence-electron chi connectivity index (χ2n) is 5.27. The number of aryl methyl sites for hydroxylation is 1. The molecule has 0 saturated carbocycles. The second-order valence-corrected chi connectivity index (χ2v) is 6.93. The second kappa shape index (κ2) is 6.51. The first-order valence-electron chi connectivity index (χ1n) is 7.35. The lowest BCUT2D eigenvalue weighted by atomic mass is 10.0. The molecule has 1 aromatic heterocycles. The maximum Gasteiger partial charge on any atom is 0.318 e. The molecule has 1 unspecified atom stereocenters. The van der Waals surface area contributed by atoms with Crippen molar-refractivity contribution in [1.82, 2.24) is 9.97 Å². The van der Waals surface area contributed by atoms with Crippen molar-refractivity contribution in [2.24, 2.45) is 0 Å². The Morgan fingerprint density at radius 2 is 1.56 bits per heavy atom. The van der Waals surface area contributed by atoms with Crippen LogP contribution in [0.1, 0.15) is 5.82 Å². The summed E-state index contributed by atoms with van der Waals surface area (Å²) < 4.78 is 16.9. The van der Waals surface area contributed by atoms with Gasteiger partial charge in [0, 0.05) is 17.8 Å². The lowest BCUT2D eigenvalue weighted by molar-refractivity contribution is -0.351. The van der Waals surface area contributed by atoms with Crippen LogP contribution >= 0.6 is 7.60 Å². The number of benzene rings is 2. The maximum atomic E-state index is 11.8. The minimum atomic E-state index is -3.96. The van der Waals surface area contributed by atoms with Gasteiger partial charge in [-0.2, -0.15) is 0 Å². The zero-order chi connectivity index (χ0) is 18.0. The van der Waals surface area contributed by atoms with Crippen molar-refractivity contribution >= 4 is 24.8 Å². The van der Waals surface area contributed by atoms with Crippen molar-refractivity contribution in [3.05, 3.63) is 54.4 Å². The molecule has 9 heteroatoms. The average Bonchev–Trinajstić information content (AvgIpc) is 2.54. The predicted octanol–water partition coefficient (Wildman–Crippen LogP) is 0.688. The number of nitrogen functional groups attached to an aromatic ring is 2. The van der Waals surface area contributed by atoms with Crippen LogP contribution in [0.5, 0.6) is 5.75 Å². The molecule has 0 amide bonds. The van der Waals surface area contributed by atoms with E-state index in [2.05, 4.69) is 15.0 Å². The monoisotopic (exact) mass is 357 g/mol. The van der Waals surface area contributed by atoms with Crippen LogP contribution in [0.3, 0.4) is 0 Å². The highest BCUT2D eigenvalue weighted by molar-refractivity contribution is 7.60. The lowest BCUT2D eigenvalue weighted by Crippen LogP contribution is -2.24. The molecule has 0 bridgehead atoms. The standard InChI is InChI=1S/C12H9O3P.C4H7N5/c13-16(14)12-8-4-2-6-10(12)9-5-1-3-7-11(9)15-16;1-2-7-3(5)9-4(6)8-2/h1-8H,(H,13,14);1H3,(H4,5,6,7,8,9). The summed E-state index contributed by atoms with van der Waals surface area (Å²) in [6.07, 6.45) is 0. The first kappa shape index (κ1) is 16.9. The summed E-state index contributed by atoms with van der Waals surface area (Å²) in [6, 6.07) is 14.0. The summed E-state index contributed by atoms with van der Waals surface area (Å²) in [6.45, 7) is 1.72. The number of anilines is 2. The SMILES string of the molecule is Cc1nc(N)[nH+]c(N)n1.O=P1([O-])Oc2ccccc2-c2ccccc21. The van der Waals surface area contributed by atoms with Gasteiger partial charge in [0.05, 0.1) is 0 Å². The molecule has 128 valence electrons. The number of fused-ring (bicyclic) bond motifs is 3. The molecule has 0 spiro atoms. The van der Waals surface area contributed by atoms with Gasteiger partial charge in [-0.25, -0.2) is 4.98 Å². The fourth-order valence-electron chi connectivity index (χ4n) is 2.45. The van der Waals surface area contributed by atoms with Crippen LogP contribution in [-0.4, -0.2) is 9.97 Å². The quantitative estimate of drug-likeness (QED) is 0.564. The van der Waals surface area contributed by atoms with Crippen LogP contribution in [-0.2, 0) is 4.57 Å². The van der Waals surface area contributed by atoms with Gasteiger partial charge in [-0.3, -0.25) is 4.57 Å². The third kappa shape index (κ3) is 3.60. The molecular formula is C16H16N5O3P. The average molecular weight is 357 g/mol. The van der Waals surface area contributed by atoms with Crippen molar-refractivity contribution in [3.8, 4) is 16.9 Å². The van der Waals surface area contributed by atoms with Crippen molar-refractivity contribution in [2.75, 3.05) is 11.5 Å². The third-order valence-corrected chi connectivity index (χ3v) is 4.83. The Hall–Kier alpha value is -2.96. The number of nitrogens with zero attached hydrogens (tertiary/aromatic N) is 2. The molecule has 0 radical (unpaired) electrons. The van der Waals surface area contributed by atoms with Gasteiger partial charge in [-0.05, 0) is 17.7 Å². The van der Waals surface area contributed by atoms with Crippen LogP contribution in [0.25, 0.3) is 11.1 Å². The van der Waals surface area contributed by atoms with E-state index in [9.17, 15) is 9.46 Å². The molecule has 25 heavy (non-hydrogen) atoms. The Balaban J connectivity index is 0.000000173. The number of H-pyrrole nitrogens is 1. The molecular weight excluding hydrogens is 341 g/mol. The van der Waals surface area contributed by atoms with E-state index in [-0.39, 0.29) is 5.30 Å². The van der Waals surface area contributed by atoms with E-state index >= 15 is 0 Å². The minimum Gasteiger partial charge on any atom is -0.765 e. The number of hydrogen-bond acceptors (Lipinski definition) is 7. The van der Waals surface area contributed by atoms with Crippen LogP contribution < -0.4 is 31.2 Å². The van der Waals surface area contributed by atoms with Gasteiger partial charge in [-0.1, -0.05) is 36.4 Å². The molecule has 1 aliphatic heterocycles. The number of hydrogen-bond donors (Lipinski definition) is 2. The van der Waals surface area contributed by atoms with Gasteiger partial charge in [-0.15, -0.1) is 9.97 Å². The Labute approximate surface area is 144 Å². The molecule has 3 aromatic rings. The van der Waals surface area contributed by atoms with E-state index in [0.29, 0.717) is 29.0 Å². The molecule has 5 N–H and O–H groups in total. The number of aromatic amines is 1. The molecule has 4 rings (SSSR count). The van der Waals surface area contributed by atoms with E-state index in [1.807, 2.05) is 18.2 Å². The third-order valence-electron chi connectivity index (χ3n) is 3.42. The van der Waals surface area contributed by atoms with Gasteiger partial charge in [0.1, 0.15) is 5.75 Å². The lowest BCUT2D eigenvalue weighted by Gasteiger charge is -2.31. The van der Waals surface area contributed by atoms with Crippen molar-refractivity contribution < 1.29 is 19.0 Å². The maximum absolute atomic E-state index is 11.8. The molecule has 2 heterocycles. The Morgan fingerprint density at radius 1 is 1.00 bits per heavy atom. The molecule has 1 atom stereocenters. The smallest absolute Gasteiger partial charge is 0.318 e. The highest BCUT2D eigenvalue weighted by atomic mass is 31.2. The summed E-state index contributed by atoms with van der Waals surface area (Å²) in [5, 5.41) is 0.258. The fraction of sp³-hybridized carbons (Fsp3) is 0.0625. The highest BCUT2D eigenvalue weighted by Gasteiger charge is 2.26. The topological polar surface area (TPSA) is 141 Å². The molecule has 2 aromatic carbocycles. The Morgan fingerprint density at radius 3 is 2.20 bits per heavy atom. The van der Waals surface area contributed by atoms with Crippen LogP contribution in [0, 0.1) is 6.92 Å². The van der Waals surface area contributed by atoms with Crippen LogP contribution in [0.15, 0.2) is 48.5 Å². The molecule has 1 aliphatic rings. The number of nitrogens with two attached hydrogens (primary N) is 2. The van der Waals surface area contributed by atoms with E-state index in [1.165, 1.54) is 0 Å². The molecule has 0 aliphatic carbocycles. The van der Waals surface area contributed by atoms with Gasteiger partial charge in [0.25, 0.3) is 0 Å². The number of para-hydroxylation sites is 1. The van der Waals surface area contributed by atoms with Gasteiger partial charge >= 0.3 is 11.9 Å². The van der Waals surface area contributed by atoms with E-state index in [1.54, 1.807) is 37.3 Å². The normalized spacial score (nSPS) is 17.4. The van der Waals surface area contributed by atoms with Gasteiger partial charge in [0.15, 0.2) is 0 Å². The number of aromatic nitrogens is 3. The van der Waals surface area contributed by atoms with Crippen molar-refractivity contribution in [3.63, 3.8) is 0 Å². The summed E-state index contributed by atoms with van der Waals surface area (Å²) >= 11 is 0.